The Kier molecular flexibility index (Phi) is 5.18. The van der Waals surface area contributed by atoms with Crippen LogP contribution < -0.4 is 11.1 Å². The van der Waals surface area contributed by atoms with Gasteiger partial charge in [-0.3, -0.25) is 0 Å². The van der Waals surface area contributed by atoms with Gasteiger partial charge in [-0.15, -0.1) is 0 Å². The molecular weight excluding hydrogens is 304 g/mol. The number of fused-ring (bicyclic) bond motifs is 1. The van der Waals surface area contributed by atoms with E-state index in [0.717, 1.165) is 55.7 Å². The summed E-state index contributed by atoms with van der Waals surface area (Å²) in [4.78, 5) is 14.1. The van der Waals surface area contributed by atoms with Crippen LogP contribution in [-0.4, -0.2) is 59.8 Å². The summed E-state index contributed by atoms with van der Waals surface area (Å²) in [5, 5.41) is 14.0. The molecule has 0 aliphatic carbocycles. The zero-order valence-corrected chi connectivity index (χ0v) is 14.2. The number of nitrogens with one attached hydrogen (secondary N) is 1. The normalized spacial score (nSPS) is 15.9. The van der Waals surface area contributed by atoms with E-state index in [-0.39, 0.29) is 0 Å². The highest BCUT2D eigenvalue weighted by Gasteiger charge is 2.20. The molecule has 2 aromatic rings. The molecule has 0 spiro atoms. The number of carboxylic acids is 1. The molecule has 6 nitrogen and oxygen atoms in total. The highest BCUT2D eigenvalue weighted by atomic mass is 16.4. The van der Waals surface area contributed by atoms with Crippen molar-refractivity contribution in [3.05, 3.63) is 35.0 Å². The van der Waals surface area contributed by atoms with Crippen molar-refractivity contribution < 1.29 is 9.90 Å². The Morgan fingerprint density at radius 2 is 2.04 bits per heavy atom. The molecule has 0 saturated carbocycles. The maximum absolute atomic E-state index is 11.6. The lowest BCUT2D eigenvalue weighted by molar-refractivity contribution is 0.0698. The monoisotopic (exact) mass is 330 g/mol. The summed E-state index contributed by atoms with van der Waals surface area (Å²) in [6.07, 6.45) is 0.934. The quantitative estimate of drug-likeness (QED) is 0.737. The van der Waals surface area contributed by atoms with E-state index in [2.05, 4.69) is 21.7 Å². The lowest BCUT2D eigenvalue weighted by atomic mass is 10.0. The first-order chi connectivity index (χ1) is 11.6. The highest BCUT2D eigenvalue weighted by Crippen LogP contribution is 2.29. The second-order valence-electron chi connectivity index (χ2n) is 6.35. The minimum Gasteiger partial charge on any atom is -0.478 e. The molecule has 1 aromatic heterocycles. The van der Waals surface area contributed by atoms with Crippen molar-refractivity contribution in [2.45, 2.75) is 19.9 Å². The summed E-state index contributed by atoms with van der Waals surface area (Å²) >= 11 is 0. The van der Waals surface area contributed by atoms with Gasteiger partial charge in [-0.2, -0.15) is 0 Å². The number of nitrogens with zero attached hydrogens (tertiary/aromatic N) is 2. The van der Waals surface area contributed by atoms with Crippen LogP contribution in [0, 0.1) is 6.92 Å². The number of piperazine rings is 1. The number of hydrogen-bond acceptors (Lipinski definition) is 4. The third kappa shape index (κ3) is 3.17. The Balaban J connectivity index is 1.99. The van der Waals surface area contributed by atoms with Crippen LogP contribution in [0.1, 0.15) is 21.6 Å². The van der Waals surface area contributed by atoms with Crippen LogP contribution in [0.15, 0.2) is 18.2 Å². The van der Waals surface area contributed by atoms with Gasteiger partial charge in [0.25, 0.3) is 0 Å². The van der Waals surface area contributed by atoms with Gasteiger partial charge >= 0.3 is 5.97 Å². The SMILES string of the molecule is Cc1c(CCN2CCNCC2)c2cccc(C(=O)O)c2n1CCN. The van der Waals surface area contributed by atoms with Crippen LogP contribution in [0.2, 0.25) is 0 Å². The number of carboxylic acid groups (broad SMARTS) is 1. The van der Waals surface area contributed by atoms with Crippen molar-refractivity contribution in [3.8, 4) is 0 Å². The van der Waals surface area contributed by atoms with Crippen LogP contribution in [0.4, 0.5) is 0 Å². The maximum atomic E-state index is 11.6. The van der Waals surface area contributed by atoms with Crippen molar-refractivity contribution in [1.29, 1.82) is 0 Å². The van der Waals surface area contributed by atoms with Gasteiger partial charge < -0.3 is 25.6 Å². The fourth-order valence-electron chi connectivity index (χ4n) is 3.70. The van der Waals surface area contributed by atoms with Crippen LogP contribution in [0.25, 0.3) is 10.9 Å². The zero-order valence-electron chi connectivity index (χ0n) is 14.2. The zero-order chi connectivity index (χ0) is 17.1. The second-order valence-corrected chi connectivity index (χ2v) is 6.35. The van der Waals surface area contributed by atoms with Crippen LogP contribution >= 0.6 is 0 Å². The number of hydrogen-bond donors (Lipinski definition) is 3. The van der Waals surface area contributed by atoms with Crippen LogP contribution in [0.3, 0.4) is 0 Å². The van der Waals surface area contributed by atoms with Gasteiger partial charge in [-0.1, -0.05) is 12.1 Å². The average molecular weight is 330 g/mol. The maximum Gasteiger partial charge on any atom is 0.337 e. The molecule has 0 radical (unpaired) electrons. The van der Waals surface area contributed by atoms with E-state index in [0.29, 0.717) is 18.7 Å². The fraction of sp³-hybridized carbons (Fsp3) is 0.500. The first-order valence-corrected chi connectivity index (χ1v) is 8.60. The van der Waals surface area contributed by atoms with Crippen LogP contribution in [-0.2, 0) is 13.0 Å². The molecule has 1 fully saturated rings. The van der Waals surface area contributed by atoms with Gasteiger partial charge in [0, 0.05) is 56.9 Å². The molecule has 3 rings (SSSR count). The van der Waals surface area contributed by atoms with E-state index in [1.807, 2.05) is 12.1 Å². The summed E-state index contributed by atoms with van der Waals surface area (Å²) in [6, 6.07) is 5.55. The van der Waals surface area contributed by atoms with Crippen molar-refractivity contribution in [2.75, 3.05) is 39.3 Å². The van der Waals surface area contributed by atoms with E-state index in [9.17, 15) is 9.90 Å². The molecule has 24 heavy (non-hydrogen) atoms. The van der Waals surface area contributed by atoms with Gasteiger partial charge in [0.05, 0.1) is 11.1 Å². The molecule has 0 atom stereocenters. The van der Waals surface area contributed by atoms with Gasteiger partial charge in [-0.25, -0.2) is 4.79 Å². The van der Waals surface area contributed by atoms with E-state index >= 15 is 0 Å². The summed E-state index contributed by atoms with van der Waals surface area (Å²) in [6.45, 7) is 8.43. The second kappa shape index (κ2) is 7.34. The summed E-state index contributed by atoms with van der Waals surface area (Å²) in [5.74, 6) is -0.884. The van der Waals surface area contributed by atoms with Crippen molar-refractivity contribution in [1.82, 2.24) is 14.8 Å². The Hall–Kier alpha value is -1.89. The average Bonchev–Trinajstić information content (AvgIpc) is 2.86. The molecule has 130 valence electrons. The largest absolute Gasteiger partial charge is 0.478 e. The molecule has 1 aliphatic rings. The van der Waals surface area contributed by atoms with Gasteiger partial charge in [0.15, 0.2) is 0 Å². The molecule has 1 aliphatic heterocycles. The first-order valence-electron chi connectivity index (χ1n) is 8.60. The summed E-state index contributed by atoms with van der Waals surface area (Å²) in [5.41, 5.74) is 9.32. The fourth-order valence-corrected chi connectivity index (χ4v) is 3.70. The Labute approximate surface area is 142 Å². The Bertz CT molecular complexity index is 732. The van der Waals surface area contributed by atoms with E-state index in [4.69, 9.17) is 5.73 Å². The van der Waals surface area contributed by atoms with Gasteiger partial charge in [0.2, 0.25) is 0 Å². The highest BCUT2D eigenvalue weighted by molar-refractivity contribution is 6.03. The topological polar surface area (TPSA) is 83.5 Å². The number of benzene rings is 1. The number of aromatic nitrogens is 1. The lowest BCUT2D eigenvalue weighted by Crippen LogP contribution is -2.44. The number of rotatable bonds is 6. The van der Waals surface area contributed by atoms with Gasteiger partial charge in [-0.05, 0) is 25.0 Å². The molecule has 0 bridgehead atoms. The molecule has 0 unspecified atom stereocenters. The number of carbonyl (C=O) groups is 1. The molecule has 2 heterocycles. The lowest BCUT2D eigenvalue weighted by Gasteiger charge is -2.27. The smallest absolute Gasteiger partial charge is 0.337 e. The summed E-state index contributed by atoms with van der Waals surface area (Å²) in [7, 11) is 0. The number of nitrogens with two attached hydrogens (primary N) is 1. The minimum atomic E-state index is -0.884. The Morgan fingerprint density at radius 1 is 1.29 bits per heavy atom. The van der Waals surface area contributed by atoms with Crippen molar-refractivity contribution >= 4 is 16.9 Å². The number of para-hydroxylation sites is 1. The van der Waals surface area contributed by atoms with E-state index in [1.54, 1.807) is 6.07 Å². The van der Waals surface area contributed by atoms with Crippen molar-refractivity contribution in [3.63, 3.8) is 0 Å². The van der Waals surface area contributed by atoms with Crippen molar-refractivity contribution in [2.24, 2.45) is 5.73 Å². The summed E-state index contributed by atoms with van der Waals surface area (Å²) < 4.78 is 2.08. The Morgan fingerprint density at radius 3 is 2.71 bits per heavy atom. The molecular formula is C18H26N4O2. The minimum absolute atomic E-state index is 0.359. The molecule has 0 amide bonds. The molecule has 6 heteroatoms. The van der Waals surface area contributed by atoms with Gasteiger partial charge in [0.1, 0.15) is 0 Å². The third-order valence-electron chi connectivity index (χ3n) is 4.94. The molecule has 1 saturated heterocycles. The van der Waals surface area contributed by atoms with Crippen LogP contribution in [0.5, 0.6) is 0 Å². The number of aromatic carboxylic acids is 1. The first kappa shape index (κ1) is 17.0. The van der Waals surface area contributed by atoms with E-state index < -0.39 is 5.97 Å². The third-order valence-corrected chi connectivity index (χ3v) is 4.94. The predicted molar refractivity (Wildman–Crippen MR) is 95.7 cm³/mol. The standard InChI is InChI=1S/C18H26N4O2/c1-13-14(5-9-21-11-7-20-8-12-21)15-3-2-4-16(18(23)24)17(15)22(13)10-6-19/h2-4,20H,5-12,19H2,1H3,(H,23,24). The molecule has 1 aromatic carbocycles. The molecule has 4 N–H and O–H groups in total. The predicted octanol–water partition coefficient (Wildman–Crippen LogP) is 1.05. The van der Waals surface area contributed by atoms with E-state index in [1.165, 1.54) is 5.56 Å².